The van der Waals surface area contributed by atoms with Gasteiger partial charge in [0.2, 0.25) is 0 Å². The predicted molar refractivity (Wildman–Crippen MR) is 152 cm³/mol. The molecule has 204 valence electrons. The zero-order chi connectivity index (χ0) is 27.4. The second kappa shape index (κ2) is 15.9. The molecule has 3 N–H and O–H groups in total. The van der Waals surface area contributed by atoms with Crippen molar-refractivity contribution in [1.29, 1.82) is 0 Å². The first-order chi connectivity index (χ1) is 17.7. The van der Waals surface area contributed by atoms with Crippen molar-refractivity contribution in [2.45, 2.75) is 88.5 Å². The number of carbonyl (C=O) groups is 2. The van der Waals surface area contributed by atoms with Gasteiger partial charge in [-0.05, 0) is 69.2 Å². The average Bonchev–Trinajstić information content (AvgIpc) is 2.84. The van der Waals surface area contributed by atoms with Crippen LogP contribution < -0.4 is 4.74 Å². The van der Waals surface area contributed by atoms with E-state index in [1.807, 2.05) is 18.2 Å². The maximum Gasteiger partial charge on any atom is 0.303 e. The molecule has 0 saturated heterocycles. The number of ether oxygens (including phenoxy) is 1. The standard InChI is InChI=1S/C29H40O6S2/c1-5-9-23-25(14-12-21(19(3)30)28(23)34)36-17-8-18-37-26-15-13-22(20(4)31)29(24(26)10-6-2)35-16-7-11-27(32)33/h12-15,20,31,34H,5-11,16-18H2,1-4H3,(H,32,33). The lowest BCUT2D eigenvalue weighted by molar-refractivity contribution is -0.137. The summed E-state index contributed by atoms with van der Waals surface area (Å²) in [6, 6.07) is 7.62. The summed E-state index contributed by atoms with van der Waals surface area (Å²) in [7, 11) is 0. The Bertz CT molecular complexity index is 1050. The number of aromatic hydroxyl groups is 1. The highest BCUT2D eigenvalue weighted by Gasteiger charge is 2.18. The molecule has 0 aromatic heterocycles. The zero-order valence-corrected chi connectivity index (χ0v) is 24.0. The Morgan fingerprint density at radius 3 is 2.11 bits per heavy atom. The molecule has 1 unspecified atom stereocenters. The SMILES string of the molecule is CCCc1c(SCCCSc2ccc(C(C)O)c(OCCCC(=O)O)c2CCC)ccc(C(C)=O)c1O. The molecule has 8 heteroatoms. The van der Waals surface area contributed by atoms with Crippen molar-refractivity contribution in [3.63, 3.8) is 0 Å². The van der Waals surface area contributed by atoms with Crippen LogP contribution in [0.2, 0.25) is 0 Å². The highest BCUT2D eigenvalue weighted by molar-refractivity contribution is 8.00. The third kappa shape index (κ3) is 9.27. The van der Waals surface area contributed by atoms with Gasteiger partial charge in [0.25, 0.3) is 0 Å². The molecule has 0 radical (unpaired) electrons. The summed E-state index contributed by atoms with van der Waals surface area (Å²) in [5.41, 5.74) is 3.05. The van der Waals surface area contributed by atoms with E-state index in [9.17, 15) is 19.8 Å². The molecule has 0 amide bonds. The number of carboxylic acid groups (broad SMARTS) is 1. The topological polar surface area (TPSA) is 104 Å². The molecule has 0 aliphatic carbocycles. The van der Waals surface area contributed by atoms with Crippen LogP contribution in [0.3, 0.4) is 0 Å². The monoisotopic (exact) mass is 548 g/mol. The number of carboxylic acids is 1. The molecule has 2 rings (SSSR count). The molecule has 0 bridgehead atoms. The average molecular weight is 549 g/mol. The summed E-state index contributed by atoms with van der Waals surface area (Å²) >= 11 is 3.47. The van der Waals surface area contributed by atoms with E-state index < -0.39 is 12.1 Å². The number of aliphatic hydroxyl groups excluding tert-OH is 1. The number of ketones is 1. The van der Waals surface area contributed by atoms with E-state index in [1.54, 1.807) is 36.5 Å². The van der Waals surface area contributed by atoms with E-state index in [4.69, 9.17) is 9.84 Å². The van der Waals surface area contributed by atoms with E-state index in [0.717, 1.165) is 70.1 Å². The lowest BCUT2D eigenvalue weighted by Crippen LogP contribution is -2.08. The Morgan fingerprint density at radius 1 is 0.946 bits per heavy atom. The molecular weight excluding hydrogens is 508 g/mol. The Hall–Kier alpha value is -2.16. The van der Waals surface area contributed by atoms with E-state index in [0.29, 0.717) is 24.3 Å². The van der Waals surface area contributed by atoms with E-state index in [2.05, 4.69) is 13.8 Å². The van der Waals surface area contributed by atoms with Crippen LogP contribution >= 0.6 is 23.5 Å². The van der Waals surface area contributed by atoms with Crippen molar-refractivity contribution >= 4 is 35.3 Å². The number of aliphatic hydroxyl groups is 1. The fourth-order valence-corrected chi connectivity index (χ4v) is 6.37. The van der Waals surface area contributed by atoms with Gasteiger partial charge in [0.15, 0.2) is 5.78 Å². The van der Waals surface area contributed by atoms with Crippen molar-refractivity contribution in [2.75, 3.05) is 18.1 Å². The molecule has 0 aliphatic rings. The largest absolute Gasteiger partial charge is 0.507 e. The number of aliphatic carboxylic acids is 1. The van der Waals surface area contributed by atoms with Crippen molar-refractivity contribution in [3.8, 4) is 11.5 Å². The molecule has 0 aliphatic heterocycles. The molecule has 37 heavy (non-hydrogen) atoms. The molecule has 1 atom stereocenters. The normalized spacial score (nSPS) is 11.9. The molecule has 2 aromatic rings. The van der Waals surface area contributed by atoms with Gasteiger partial charge < -0.3 is 20.1 Å². The highest BCUT2D eigenvalue weighted by Crippen LogP contribution is 2.38. The van der Waals surface area contributed by atoms with E-state index in [-0.39, 0.29) is 18.0 Å². The van der Waals surface area contributed by atoms with Gasteiger partial charge in [-0.1, -0.05) is 32.8 Å². The first kappa shape index (κ1) is 31.1. The number of hydrogen-bond acceptors (Lipinski definition) is 7. The van der Waals surface area contributed by atoms with Gasteiger partial charge in [0, 0.05) is 32.9 Å². The van der Waals surface area contributed by atoms with Crippen molar-refractivity contribution < 1.29 is 29.6 Å². The number of Topliss-reactive ketones (excluding diaryl/α,β-unsaturated/α-hetero) is 1. The maximum absolute atomic E-state index is 11.8. The second-order valence-corrected chi connectivity index (χ2v) is 11.3. The molecule has 2 aromatic carbocycles. The smallest absolute Gasteiger partial charge is 0.303 e. The number of phenolic OH excluding ortho intramolecular Hbond substituents is 1. The van der Waals surface area contributed by atoms with Crippen LogP contribution in [0.15, 0.2) is 34.1 Å². The summed E-state index contributed by atoms with van der Waals surface area (Å²) in [5, 5.41) is 29.8. The van der Waals surface area contributed by atoms with Gasteiger partial charge in [-0.25, -0.2) is 0 Å². The van der Waals surface area contributed by atoms with E-state index >= 15 is 0 Å². The van der Waals surface area contributed by atoms with Gasteiger partial charge in [0.1, 0.15) is 11.5 Å². The lowest BCUT2D eigenvalue weighted by atomic mass is 10.0. The molecule has 0 saturated carbocycles. The zero-order valence-electron chi connectivity index (χ0n) is 22.3. The quantitative estimate of drug-likeness (QED) is 0.110. The highest BCUT2D eigenvalue weighted by atomic mass is 32.2. The summed E-state index contributed by atoms with van der Waals surface area (Å²) in [6.45, 7) is 7.65. The number of benzene rings is 2. The molecule has 0 spiro atoms. The predicted octanol–water partition coefficient (Wildman–Crippen LogP) is 7.07. The number of hydrogen-bond donors (Lipinski definition) is 3. The number of carbonyl (C=O) groups excluding carboxylic acids is 1. The van der Waals surface area contributed by atoms with Gasteiger partial charge in [0.05, 0.1) is 18.3 Å². The maximum atomic E-state index is 11.8. The lowest BCUT2D eigenvalue weighted by Gasteiger charge is -2.20. The fourth-order valence-electron chi connectivity index (χ4n) is 4.10. The van der Waals surface area contributed by atoms with Crippen molar-refractivity contribution in [3.05, 3.63) is 46.5 Å². The van der Waals surface area contributed by atoms with Gasteiger partial charge >= 0.3 is 5.97 Å². The van der Waals surface area contributed by atoms with Crippen LogP contribution in [-0.2, 0) is 17.6 Å². The summed E-state index contributed by atoms with van der Waals surface area (Å²) in [6.07, 6.45) is 4.10. The molecule has 0 heterocycles. The van der Waals surface area contributed by atoms with Crippen molar-refractivity contribution in [2.24, 2.45) is 0 Å². The second-order valence-electron chi connectivity index (χ2n) is 9.03. The minimum atomic E-state index is -0.845. The van der Waals surface area contributed by atoms with Crippen LogP contribution in [0.1, 0.15) is 93.0 Å². The van der Waals surface area contributed by atoms with Crippen molar-refractivity contribution in [1.82, 2.24) is 0 Å². The third-order valence-electron chi connectivity index (χ3n) is 5.90. The number of rotatable bonds is 17. The Labute approximate surface area is 229 Å². The van der Waals surface area contributed by atoms with Gasteiger partial charge in [-0.3, -0.25) is 9.59 Å². The molecule has 6 nitrogen and oxygen atoms in total. The first-order valence-electron chi connectivity index (χ1n) is 13.0. The summed E-state index contributed by atoms with van der Waals surface area (Å²) < 4.78 is 6.04. The minimum Gasteiger partial charge on any atom is -0.507 e. The Kier molecular flexibility index (Phi) is 13.4. The number of phenols is 1. The van der Waals surface area contributed by atoms with Crippen LogP contribution in [-0.4, -0.2) is 45.2 Å². The van der Waals surface area contributed by atoms with Gasteiger partial charge in [-0.15, -0.1) is 23.5 Å². The van der Waals surface area contributed by atoms with Crippen LogP contribution in [0.5, 0.6) is 11.5 Å². The fraction of sp³-hybridized carbons (Fsp3) is 0.517. The first-order valence-corrected chi connectivity index (χ1v) is 15.0. The van der Waals surface area contributed by atoms with Crippen LogP contribution in [0.25, 0.3) is 0 Å². The molecule has 0 fully saturated rings. The van der Waals surface area contributed by atoms with Crippen LogP contribution in [0.4, 0.5) is 0 Å². The van der Waals surface area contributed by atoms with E-state index in [1.165, 1.54) is 6.92 Å². The Morgan fingerprint density at radius 2 is 1.54 bits per heavy atom. The Balaban J connectivity index is 2.08. The van der Waals surface area contributed by atoms with Gasteiger partial charge in [-0.2, -0.15) is 0 Å². The number of thioether (sulfide) groups is 2. The van der Waals surface area contributed by atoms with Crippen LogP contribution in [0, 0.1) is 0 Å². The third-order valence-corrected chi connectivity index (χ3v) is 8.27. The summed E-state index contributed by atoms with van der Waals surface area (Å²) in [4.78, 5) is 24.8. The molecular formula is C29H40O6S2. The summed E-state index contributed by atoms with van der Waals surface area (Å²) in [5.74, 6) is 1.62. The minimum absolute atomic E-state index is 0.0501.